The summed E-state index contributed by atoms with van der Waals surface area (Å²) in [5, 5.41) is 11.3. The standard InChI is InChI=1S/C23H18N4O3S2/c1-3-10-27-22(28)19-16(15-8-6-14(2)7-9-15)12-31-21(19)24-23(27)32-13-18-25-26-20(30-18)17-5-4-11-29-17/h3-9,11-12H,1,10,13H2,2H3. The molecule has 0 amide bonds. The lowest BCUT2D eigenvalue weighted by Gasteiger charge is -2.10. The van der Waals surface area contributed by atoms with Crippen LogP contribution in [-0.4, -0.2) is 19.7 Å². The quantitative estimate of drug-likeness (QED) is 0.178. The van der Waals surface area contributed by atoms with Crippen LogP contribution in [-0.2, 0) is 12.3 Å². The van der Waals surface area contributed by atoms with Gasteiger partial charge in [-0.3, -0.25) is 9.36 Å². The fraction of sp³-hybridized carbons (Fsp3) is 0.130. The molecule has 5 aromatic rings. The highest BCUT2D eigenvalue weighted by molar-refractivity contribution is 7.98. The molecule has 0 saturated heterocycles. The monoisotopic (exact) mass is 462 g/mol. The molecule has 0 N–H and O–H groups in total. The van der Waals surface area contributed by atoms with Crippen LogP contribution in [0.2, 0.25) is 0 Å². The fourth-order valence-corrected chi connectivity index (χ4v) is 5.12. The van der Waals surface area contributed by atoms with Crippen LogP contribution in [0.15, 0.2) is 79.5 Å². The molecule has 32 heavy (non-hydrogen) atoms. The molecule has 0 spiro atoms. The van der Waals surface area contributed by atoms with Gasteiger partial charge in [0.05, 0.1) is 17.4 Å². The van der Waals surface area contributed by atoms with Crippen LogP contribution >= 0.6 is 23.1 Å². The van der Waals surface area contributed by atoms with Crippen LogP contribution in [0.25, 0.3) is 33.0 Å². The normalized spacial score (nSPS) is 11.3. The fourth-order valence-electron chi connectivity index (χ4n) is 3.29. The lowest BCUT2D eigenvalue weighted by Crippen LogP contribution is -2.22. The zero-order valence-electron chi connectivity index (χ0n) is 17.1. The van der Waals surface area contributed by atoms with E-state index in [9.17, 15) is 4.79 Å². The summed E-state index contributed by atoms with van der Waals surface area (Å²) >= 11 is 2.84. The van der Waals surface area contributed by atoms with E-state index in [1.165, 1.54) is 28.7 Å². The second kappa shape index (κ2) is 8.60. The van der Waals surface area contributed by atoms with Crippen molar-refractivity contribution in [1.82, 2.24) is 19.7 Å². The van der Waals surface area contributed by atoms with E-state index in [2.05, 4.69) is 16.8 Å². The molecular weight excluding hydrogens is 444 g/mol. The molecule has 5 rings (SSSR count). The minimum atomic E-state index is -0.0870. The third-order valence-corrected chi connectivity index (χ3v) is 6.69. The number of aryl methyl sites for hydroxylation is 1. The Labute approximate surface area is 191 Å². The highest BCUT2D eigenvalue weighted by atomic mass is 32.2. The molecule has 0 aliphatic carbocycles. The number of fused-ring (bicyclic) bond motifs is 1. The van der Waals surface area contributed by atoms with Gasteiger partial charge in [0.25, 0.3) is 11.4 Å². The van der Waals surface area contributed by atoms with Gasteiger partial charge in [0.15, 0.2) is 10.9 Å². The van der Waals surface area contributed by atoms with Gasteiger partial charge < -0.3 is 8.83 Å². The summed E-state index contributed by atoms with van der Waals surface area (Å²) in [5.74, 6) is 1.63. The number of aromatic nitrogens is 4. The number of thioether (sulfide) groups is 1. The van der Waals surface area contributed by atoms with Crippen molar-refractivity contribution < 1.29 is 8.83 Å². The summed E-state index contributed by atoms with van der Waals surface area (Å²) < 4.78 is 12.6. The Morgan fingerprint density at radius 2 is 2.06 bits per heavy atom. The molecule has 4 aromatic heterocycles. The third kappa shape index (κ3) is 3.80. The van der Waals surface area contributed by atoms with Crippen molar-refractivity contribution in [3.05, 3.63) is 82.5 Å². The van der Waals surface area contributed by atoms with Gasteiger partial charge in [0.1, 0.15) is 4.83 Å². The summed E-state index contributed by atoms with van der Waals surface area (Å²) in [4.78, 5) is 18.9. The predicted molar refractivity (Wildman–Crippen MR) is 126 cm³/mol. The summed E-state index contributed by atoms with van der Waals surface area (Å²) in [6, 6.07) is 11.7. The number of rotatable bonds is 7. The molecule has 0 atom stereocenters. The summed E-state index contributed by atoms with van der Waals surface area (Å²) in [5.41, 5.74) is 2.99. The first-order chi connectivity index (χ1) is 15.6. The maximum absolute atomic E-state index is 13.4. The molecule has 0 aliphatic rings. The largest absolute Gasteiger partial charge is 0.459 e. The Morgan fingerprint density at radius 3 is 2.81 bits per heavy atom. The number of allylic oxidation sites excluding steroid dienone is 1. The number of thiophene rings is 1. The maximum atomic E-state index is 13.4. The minimum absolute atomic E-state index is 0.0870. The van der Waals surface area contributed by atoms with E-state index < -0.39 is 0 Å². The van der Waals surface area contributed by atoms with Gasteiger partial charge in [-0.25, -0.2) is 4.98 Å². The average Bonchev–Trinajstić information content (AvgIpc) is 3.55. The molecular formula is C23H18N4O3S2. The van der Waals surface area contributed by atoms with Crippen LogP contribution in [0.4, 0.5) is 0 Å². The number of hydrogen-bond acceptors (Lipinski definition) is 8. The lowest BCUT2D eigenvalue weighted by molar-refractivity contribution is 0.494. The first-order valence-electron chi connectivity index (χ1n) is 9.83. The first-order valence-corrected chi connectivity index (χ1v) is 11.7. The van der Waals surface area contributed by atoms with E-state index in [0.717, 1.165) is 11.1 Å². The predicted octanol–water partition coefficient (Wildman–Crippen LogP) is 5.55. The van der Waals surface area contributed by atoms with E-state index in [4.69, 9.17) is 13.8 Å². The van der Waals surface area contributed by atoms with E-state index >= 15 is 0 Å². The van der Waals surface area contributed by atoms with Gasteiger partial charge in [-0.2, -0.15) is 0 Å². The average molecular weight is 463 g/mol. The number of hydrogen-bond donors (Lipinski definition) is 0. The Bertz CT molecular complexity index is 1450. The van der Waals surface area contributed by atoms with Crippen molar-refractivity contribution in [3.63, 3.8) is 0 Å². The molecule has 0 radical (unpaired) electrons. The Hall–Kier alpha value is -3.43. The van der Waals surface area contributed by atoms with Gasteiger partial charge in [-0.15, -0.1) is 28.1 Å². The third-order valence-electron chi connectivity index (χ3n) is 4.86. The van der Waals surface area contributed by atoms with Gasteiger partial charge >= 0.3 is 0 Å². The Kier molecular flexibility index (Phi) is 5.50. The number of furan rings is 1. The number of nitrogens with zero attached hydrogens (tertiary/aromatic N) is 4. The van der Waals surface area contributed by atoms with Crippen LogP contribution in [0.5, 0.6) is 0 Å². The second-order valence-corrected chi connectivity index (χ2v) is 8.86. The van der Waals surface area contributed by atoms with Gasteiger partial charge in [-0.1, -0.05) is 47.7 Å². The summed E-state index contributed by atoms with van der Waals surface area (Å²) in [6.07, 6.45) is 3.24. The van der Waals surface area contributed by atoms with Crippen molar-refractivity contribution in [1.29, 1.82) is 0 Å². The molecule has 4 heterocycles. The van der Waals surface area contributed by atoms with Crippen molar-refractivity contribution in [2.45, 2.75) is 24.4 Å². The van der Waals surface area contributed by atoms with Gasteiger partial charge in [-0.05, 0) is 24.6 Å². The molecule has 1 aromatic carbocycles. The Morgan fingerprint density at radius 1 is 1.22 bits per heavy atom. The molecule has 0 aliphatic heterocycles. The van der Waals surface area contributed by atoms with Crippen molar-refractivity contribution in [3.8, 4) is 22.8 Å². The van der Waals surface area contributed by atoms with E-state index in [1.807, 2.05) is 36.6 Å². The topological polar surface area (TPSA) is 86.9 Å². The SMILES string of the molecule is C=CCn1c(SCc2nnc(-c3ccco3)o2)nc2scc(-c3ccc(C)cc3)c2c1=O. The van der Waals surface area contributed by atoms with E-state index in [1.54, 1.807) is 29.0 Å². The molecule has 9 heteroatoms. The summed E-state index contributed by atoms with van der Waals surface area (Å²) in [6.45, 7) is 6.20. The van der Waals surface area contributed by atoms with Gasteiger partial charge in [0, 0.05) is 17.5 Å². The van der Waals surface area contributed by atoms with Gasteiger partial charge in [0.2, 0.25) is 5.89 Å². The lowest BCUT2D eigenvalue weighted by atomic mass is 10.1. The van der Waals surface area contributed by atoms with Crippen LogP contribution in [0.1, 0.15) is 11.5 Å². The second-order valence-electron chi connectivity index (χ2n) is 7.06. The summed E-state index contributed by atoms with van der Waals surface area (Å²) in [7, 11) is 0. The zero-order chi connectivity index (χ0) is 22.1. The minimum Gasteiger partial charge on any atom is -0.459 e. The molecule has 0 saturated carbocycles. The Balaban J connectivity index is 1.49. The molecule has 7 nitrogen and oxygen atoms in total. The maximum Gasteiger partial charge on any atom is 0.283 e. The van der Waals surface area contributed by atoms with E-state index in [-0.39, 0.29) is 5.56 Å². The highest BCUT2D eigenvalue weighted by Gasteiger charge is 2.18. The molecule has 0 fully saturated rings. The molecule has 0 unspecified atom stereocenters. The van der Waals surface area contributed by atoms with Crippen molar-refractivity contribution in [2.24, 2.45) is 0 Å². The molecule has 160 valence electrons. The number of benzene rings is 1. The highest BCUT2D eigenvalue weighted by Crippen LogP contribution is 2.33. The molecule has 0 bridgehead atoms. The van der Waals surface area contributed by atoms with Crippen LogP contribution < -0.4 is 5.56 Å². The van der Waals surface area contributed by atoms with Crippen LogP contribution in [0.3, 0.4) is 0 Å². The van der Waals surface area contributed by atoms with Crippen LogP contribution in [0, 0.1) is 6.92 Å². The van der Waals surface area contributed by atoms with E-state index in [0.29, 0.717) is 45.2 Å². The van der Waals surface area contributed by atoms with Crippen molar-refractivity contribution >= 4 is 33.3 Å². The smallest absolute Gasteiger partial charge is 0.283 e. The van der Waals surface area contributed by atoms with Crippen molar-refractivity contribution in [2.75, 3.05) is 0 Å². The zero-order valence-corrected chi connectivity index (χ0v) is 18.8. The first kappa shape index (κ1) is 20.5.